The summed E-state index contributed by atoms with van der Waals surface area (Å²) in [6, 6.07) is 4.90. The van der Waals surface area contributed by atoms with Crippen LogP contribution < -0.4 is 5.69 Å². The number of aromatic amines is 1. The van der Waals surface area contributed by atoms with E-state index in [9.17, 15) is 9.59 Å². The minimum atomic E-state index is -1.04. The van der Waals surface area contributed by atoms with Crippen molar-refractivity contribution in [1.29, 1.82) is 0 Å². The third kappa shape index (κ3) is 2.15. The summed E-state index contributed by atoms with van der Waals surface area (Å²) in [6.45, 7) is 2.58. The maximum absolute atomic E-state index is 11.9. The van der Waals surface area contributed by atoms with E-state index in [1.807, 2.05) is 13.2 Å². The Labute approximate surface area is 108 Å². The predicted octanol–water partition coefficient (Wildman–Crippen LogP) is 1.78. The molecular weight excluding hydrogens is 252 g/mol. The fraction of sp³-hybridized carbons (Fsp3) is 0.333. The lowest BCUT2D eigenvalue weighted by Crippen LogP contribution is -2.21. The number of carboxylic acids is 1. The number of hydrogen-bond acceptors (Lipinski definition) is 3. The summed E-state index contributed by atoms with van der Waals surface area (Å²) in [5, 5.41) is 9.36. The van der Waals surface area contributed by atoms with Crippen molar-refractivity contribution in [2.24, 2.45) is 0 Å². The molecule has 18 heavy (non-hydrogen) atoms. The van der Waals surface area contributed by atoms with Gasteiger partial charge in [0.1, 0.15) is 0 Å². The highest BCUT2D eigenvalue weighted by Gasteiger charge is 2.15. The molecule has 5 nitrogen and oxygen atoms in total. The Morgan fingerprint density at radius 1 is 1.56 bits per heavy atom. The molecule has 0 radical (unpaired) electrons. The third-order valence-electron chi connectivity index (χ3n) is 2.88. The number of thioether (sulfide) groups is 1. The Balaban J connectivity index is 2.62. The van der Waals surface area contributed by atoms with Gasteiger partial charge in [-0.2, -0.15) is 11.8 Å². The normalized spacial score (nSPS) is 12.8. The number of nitrogens with zero attached hydrogens (tertiary/aromatic N) is 1. The maximum Gasteiger partial charge on any atom is 0.337 e. The van der Waals surface area contributed by atoms with Crippen molar-refractivity contribution in [1.82, 2.24) is 9.55 Å². The molecule has 96 valence electrons. The van der Waals surface area contributed by atoms with E-state index >= 15 is 0 Å². The molecule has 1 heterocycles. The molecule has 0 spiro atoms. The highest BCUT2D eigenvalue weighted by molar-refractivity contribution is 7.99. The van der Waals surface area contributed by atoms with Gasteiger partial charge in [-0.25, -0.2) is 9.59 Å². The van der Waals surface area contributed by atoms with Crippen LogP contribution in [0.3, 0.4) is 0 Å². The molecule has 0 aliphatic rings. The fourth-order valence-electron chi connectivity index (χ4n) is 1.87. The highest BCUT2D eigenvalue weighted by Crippen LogP contribution is 2.17. The topological polar surface area (TPSA) is 75.1 Å². The summed E-state index contributed by atoms with van der Waals surface area (Å²) in [5.74, 6) is -1.04. The first-order valence-corrected chi connectivity index (χ1v) is 6.81. The predicted molar refractivity (Wildman–Crippen MR) is 72.5 cm³/mol. The first kappa shape index (κ1) is 12.8. The van der Waals surface area contributed by atoms with Gasteiger partial charge in [0.2, 0.25) is 0 Å². The van der Waals surface area contributed by atoms with Crippen LogP contribution in [-0.4, -0.2) is 32.1 Å². The molecule has 0 aliphatic carbocycles. The summed E-state index contributed by atoms with van der Waals surface area (Å²) >= 11 is 1.66. The van der Waals surface area contributed by atoms with Crippen molar-refractivity contribution < 1.29 is 9.90 Å². The average molecular weight is 266 g/mol. The monoisotopic (exact) mass is 266 g/mol. The van der Waals surface area contributed by atoms with Crippen molar-refractivity contribution in [3.63, 3.8) is 0 Å². The summed E-state index contributed by atoms with van der Waals surface area (Å²) < 4.78 is 1.59. The van der Waals surface area contributed by atoms with Crippen molar-refractivity contribution >= 4 is 28.8 Å². The van der Waals surface area contributed by atoms with Crippen molar-refractivity contribution in [3.8, 4) is 0 Å². The standard InChI is InChI=1S/C12H14N2O3S/c1-7(18-2)6-14-9-5-3-4-8(11(15)16)10(9)13-12(14)17/h3-5,7H,6H2,1-2H3,(H,13,17)(H,15,16). The fourth-order valence-corrected chi connectivity index (χ4v) is 2.17. The number of carbonyl (C=O) groups is 1. The maximum atomic E-state index is 11.9. The number of aromatic nitrogens is 2. The molecule has 0 bridgehead atoms. The number of benzene rings is 1. The molecule has 0 saturated carbocycles. The number of hydrogen-bond donors (Lipinski definition) is 2. The number of imidazole rings is 1. The molecule has 1 unspecified atom stereocenters. The first-order chi connectivity index (χ1) is 8.54. The van der Waals surface area contributed by atoms with E-state index < -0.39 is 5.97 Å². The molecule has 6 heteroatoms. The molecule has 0 saturated heterocycles. The van der Waals surface area contributed by atoms with Crippen LogP contribution >= 0.6 is 11.8 Å². The van der Waals surface area contributed by atoms with E-state index in [2.05, 4.69) is 4.98 Å². The molecule has 1 aromatic carbocycles. The molecule has 0 aliphatic heterocycles. The van der Waals surface area contributed by atoms with Gasteiger partial charge in [-0.3, -0.25) is 4.57 Å². The summed E-state index contributed by atoms with van der Waals surface area (Å²) in [6.07, 6.45) is 1.98. The lowest BCUT2D eigenvalue weighted by atomic mass is 10.2. The van der Waals surface area contributed by atoms with Gasteiger partial charge < -0.3 is 10.1 Å². The van der Waals surface area contributed by atoms with Gasteiger partial charge in [0.15, 0.2) is 0 Å². The highest BCUT2D eigenvalue weighted by atomic mass is 32.2. The van der Waals surface area contributed by atoms with Gasteiger partial charge in [0.05, 0.1) is 16.6 Å². The molecule has 2 rings (SSSR count). The van der Waals surface area contributed by atoms with E-state index in [-0.39, 0.29) is 16.5 Å². The minimum Gasteiger partial charge on any atom is -0.478 e. The van der Waals surface area contributed by atoms with Crippen LogP contribution in [0.25, 0.3) is 11.0 Å². The van der Waals surface area contributed by atoms with Gasteiger partial charge >= 0.3 is 11.7 Å². The van der Waals surface area contributed by atoms with E-state index in [1.165, 1.54) is 6.07 Å². The largest absolute Gasteiger partial charge is 0.478 e. The minimum absolute atomic E-state index is 0.125. The summed E-state index contributed by atoms with van der Waals surface area (Å²) in [5.41, 5.74) is 0.892. The number of aromatic carboxylic acids is 1. The van der Waals surface area contributed by atoms with Crippen molar-refractivity contribution in [3.05, 3.63) is 34.2 Å². The summed E-state index contributed by atoms with van der Waals surface area (Å²) in [4.78, 5) is 25.6. The molecule has 0 fully saturated rings. The number of fused-ring (bicyclic) bond motifs is 1. The number of H-pyrrole nitrogens is 1. The number of rotatable bonds is 4. The Morgan fingerprint density at radius 3 is 2.89 bits per heavy atom. The Morgan fingerprint density at radius 2 is 2.28 bits per heavy atom. The second kappa shape index (κ2) is 4.89. The molecular formula is C12H14N2O3S. The molecule has 0 amide bonds. The van der Waals surface area contributed by atoms with Crippen LogP contribution in [0.5, 0.6) is 0 Å². The van der Waals surface area contributed by atoms with Gasteiger partial charge in [-0.05, 0) is 18.4 Å². The average Bonchev–Trinajstić information content (AvgIpc) is 2.65. The zero-order valence-electron chi connectivity index (χ0n) is 10.1. The van der Waals surface area contributed by atoms with Gasteiger partial charge in [0.25, 0.3) is 0 Å². The van der Waals surface area contributed by atoms with Gasteiger partial charge in [-0.15, -0.1) is 0 Å². The molecule has 1 aromatic heterocycles. The van der Waals surface area contributed by atoms with Crippen LogP contribution in [0, 0.1) is 0 Å². The number of para-hydroxylation sites is 1. The quantitative estimate of drug-likeness (QED) is 0.884. The first-order valence-electron chi connectivity index (χ1n) is 5.52. The van der Waals surface area contributed by atoms with Crippen LogP contribution in [0.1, 0.15) is 17.3 Å². The van der Waals surface area contributed by atoms with E-state index in [1.54, 1.807) is 28.5 Å². The SMILES string of the molecule is CSC(C)Cn1c(=O)[nH]c2c(C(=O)O)cccc21. The lowest BCUT2D eigenvalue weighted by molar-refractivity contribution is 0.0699. The smallest absolute Gasteiger partial charge is 0.337 e. The summed E-state index contributed by atoms with van der Waals surface area (Å²) in [7, 11) is 0. The van der Waals surface area contributed by atoms with Crippen LogP contribution in [0.2, 0.25) is 0 Å². The number of carboxylic acid groups (broad SMARTS) is 1. The van der Waals surface area contributed by atoms with Crippen LogP contribution in [0.4, 0.5) is 0 Å². The Bertz CT molecular complexity index is 644. The van der Waals surface area contributed by atoms with Crippen LogP contribution in [-0.2, 0) is 6.54 Å². The second-order valence-electron chi connectivity index (χ2n) is 4.09. The number of nitrogens with one attached hydrogen (secondary N) is 1. The van der Waals surface area contributed by atoms with Gasteiger partial charge in [0, 0.05) is 11.8 Å². The third-order valence-corrected chi connectivity index (χ3v) is 3.84. The van der Waals surface area contributed by atoms with E-state index in [4.69, 9.17) is 5.11 Å². The zero-order chi connectivity index (χ0) is 13.3. The second-order valence-corrected chi connectivity index (χ2v) is 5.37. The zero-order valence-corrected chi connectivity index (χ0v) is 11.0. The van der Waals surface area contributed by atoms with E-state index in [0.717, 1.165) is 0 Å². The van der Waals surface area contributed by atoms with Crippen molar-refractivity contribution in [2.75, 3.05) is 6.26 Å². The van der Waals surface area contributed by atoms with Crippen molar-refractivity contribution in [2.45, 2.75) is 18.7 Å². The molecule has 1 atom stereocenters. The Hall–Kier alpha value is -1.69. The molecule has 2 N–H and O–H groups in total. The lowest BCUT2D eigenvalue weighted by Gasteiger charge is -2.09. The Kier molecular flexibility index (Phi) is 3.47. The van der Waals surface area contributed by atoms with Crippen LogP contribution in [0.15, 0.2) is 23.0 Å². The van der Waals surface area contributed by atoms with Gasteiger partial charge in [-0.1, -0.05) is 13.0 Å². The molecule has 2 aromatic rings. The van der Waals surface area contributed by atoms with E-state index in [0.29, 0.717) is 17.6 Å².